The van der Waals surface area contributed by atoms with E-state index in [0.717, 1.165) is 51.6 Å². The first-order chi connectivity index (χ1) is 27.4. The summed E-state index contributed by atoms with van der Waals surface area (Å²) in [6.07, 6.45) is 18.4. The second-order valence-electron chi connectivity index (χ2n) is 16.4. The van der Waals surface area contributed by atoms with E-state index in [-0.39, 0.29) is 44.4 Å². The van der Waals surface area contributed by atoms with Crippen LogP contribution in [0.1, 0.15) is 142 Å². The molecule has 16 nitrogen and oxygen atoms in total. The second-order valence-corrected chi connectivity index (χ2v) is 17.9. The van der Waals surface area contributed by atoms with Crippen LogP contribution in [-0.2, 0) is 47.1 Å². The van der Waals surface area contributed by atoms with Crippen molar-refractivity contribution in [3.05, 3.63) is 0 Å². The van der Waals surface area contributed by atoms with Gasteiger partial charge in [-0.25, -0.2) is 4.57 Å². The largest absolute Gasteiger partial charge is 0.480 e. The minimum Gasteiger partial charge on any atom is -0.480 e. The van der Waals surface area contributed by atoms with Crippen LogP contribution >= 0.6 is 7.82 Å². The number of phosphoric acid groups is 1. The molecule has 58 heavy (non-hydrogen) atoms. The molecule has 0 aromatic carbocycles. The number of ether oxygens (including phenoxy) is 2. The van der Waals surface area contributed by atoms with Crippen molar-refractivity contribution in [2.24, 2.45) is 5.92 Å². The molecule has 0 saturated carbocycles. The van der Waals surface area contributed by atoms with Gasteiger partial charge in [0.25, 0.3) is 0 Å². The van der Waals surface area contributed by atoms with Gasteiger partial charge in [-0.3, -0.25) is 33.0 Å². The number of likely N-dealkylation sites (N-methyl/N-ethyl adjacent to an activating group) is 1. The summed E-state index contributed by atoms with van der Waals surface area (Å²) in [5.74, 6) is -3.24. The van der Waals surface area contributed by atoms with E-state index in [0.29, 0.717) is 30.3 Å². The van der Waals surface area contributed by atoms with Gasteiger partial charge in [-0.2, -0.15) is 0 Å². The molecule has 0 fully saturated rings. The van der Waals surface area contributed by atoms with E-state index in [1.807, 2.05) is 28.2 Å². The number of hydrogen-bond donors (Lipinski definition) is 4. The predicted octanol–water partition coefficient (Wildman–Crippen LogP) is 5.99. The number of phosphoric ester groups is 1. The molecule has 0 aliphatic heterocycles. The number of nitrogens with one attached hydrogen (secondary N) is 2. The fourth-order valence-electron chi connectivity index (χ4n) is 5.86. The lowest BCUT2D eigenvalue weighted by molar-refractivity contribution is -0.870. The summed E-state index contributed by atoms with van der Waals surface area (Å²) in [6.45, 7) is 4.45. The number of quaternary nitrogens is 1. The van der Waals surface area contributed by atoms with Gasteiger partial charge in [-0.05, 0) is 52.2 Å². The van der Waals surface area contributed by atoms with Crippen molar-refractivity contribution in [2.75, 3.05) is 80.7 Å². The van der Waals surface area contributed by atoms with Crippen LogP contribution < -0.4 is 10.6 Å². The maximum Gasteiger partial charge on any atom is 0.472 e. The van der Waals surface area contributed by atoms with Crippen LogP contribution in [0.5, 0.6) is 0 Å². The smallest absolute Gasteiger partial charge is 0.472 e. The highest BCUT2D eigenvalue weighted by Gasteiger charge is 2.27. The van der Waals surface area contributed by atoms with E-state index in [1.54, 1.807) is 6.92 Å². The Morgan fingerprint density at radius 1 is 0.707 bits per heavy atom. The van der Waals surface area contributed by atoms with Crippen LogP contribution in [0.3, 0.4) is 0 Å². The molecular formula is C41H80N4O12P+. The van der Waals surface area contributed by atoms with Gasteiger partial charge in [0.05, 0.1) is 34.3 Å². The SMILES string of the molecule is CCCCCCCCCCCCCCCC(=O)OC[C@H](COP(=O)(O)OCC[N+](C)(C)C)OC(=O)CCCCN(C)CCCC[C@H](C)C(=O)NCC(=O)NCC(=O)O. The van der Waals surface area contributed by atoms with Crippen molar-refractivity contribution in [1.29, 1.82) is 0 Å². The predicted molar refractivity (Wildman–Crippen MR) is 224 cm³/mol. The van der Waals surface area contributed by atoms with Crippen molar-refractivity contribution in [1.82, 2.24) is 15.5 Å². The third kappa shape index (κ3) is 36.5. The monoisotopic (exact) mass is 852 g/mol. The Morgan fingerprint density at radius 3 is 1.81 bits per heavy atom. The summed E-state index contributed by atoms with van der Waals surface area (Å²) in [6, 6.07) is 0. The van der Waals surface area contributed by atoms with Gasteiger partial charge in [0.15, 0.2) is 6.10 Å². The van der Waals surface area contributed by atoms with Crippen molar-refractivity contribution in [3.8, 4) is 0 Å². The second kappa shape index (κ2) is 34.1. The molecule has 0 bridgehead atoms. The van der Waals surface area contributed by atoms with Crippen LogP contribution in [-0.4, -0.2) is 136 Å². The van der Waals surface area contributed by atoms with Crippen molar-refractivity contribution < 1.29 is 61.5 Å². The molecule has 2 amide bonds. The Labute approximate surface area is 349 Å². The molecular weight excluding hydrogens is 771 g/mol. The number of esters is 2. The van der Waals surface area contributed by atoms with Gasteiger partial charge >= 0.3 is 25.7 Å². The highest BCUT2D eigenvalue weighted by atomic mass is 31.2. The third-order valence-electron chi connectivity index (χ3n) is 9.56. The number of carbonyl (C=O) groups excluding carboxylic acids is 4. The van der Waals surface area contributed by atoms with Crippen LogP contribution in [0.25, 0.3) is 0 Å². The molecule has 0 aromatic rings. The van der Waals surface area contributed by atoms with E-state index < -0.39 is 50.9 Å². The lowest BCUT2D eigenvalue weighted by Crippen LogP contribution is -2.40. The van der Waals surface area contributed by atoms with E-state index in [4.69, 9.17) is 23.6 Å². The molecule has 0 radical (unpaired) electrons. The molecule has 0 saturated heterocycles. The molecule has 17 heteroatoms. The minimum absolute atomic E-state index is 0.0132. The summed E-state index contributed by atoms with van der Waals surface area (Å²) < 4.78 is 34.2. The Morgan fingerprint density at radius 2 is 1.24 bits per heavy atom. The quantitative estimate of drug-likeness (QED) is 0.0243. The van der Waals surface area contributed by atoms with Crippen molar-refractivity contribution in [3.63, 3.8) is 0 Å². The number of nitrogens with zero attached hydrogens (tertiary/aromatic N) is 2. The number of hydrogen-bond acceptors (Lipinski definition) is 11. The van der Waals surface area contributed by atoms with E-state index in [9.17, 15) is 33.4 Å². The van der Waals surface area contributed by atoms with Gasteiger partial charge < -0.3 is 39.5 Å². The van der Waals surface area contributed by atoms with Gasteiger partial charge in [-0.15, -0.1) is 0 Å². The number of carboxylic acids is 1. The number of carbonyl (C=O) groups is 5. The average Bonchev–Trinajstić information content (AvgIpc) is 3.15. The van der Waals surface area contributed by atoms with Crippen LogP contribution in [0.4, 0.5) is 0 Å². The molecule has 0 aromatic heterocycles. The molecule has 0 heterocycles. The Bertz CT molecular complexity index is 1190. The Balaban J connectivity index is 4.55. The molecule has 4 N–H and O–H groups in total. The zero-order chi connectivity index (χ0) is 43.7. The number of rotatable bonds is 39. The number of amides is 2. The van der Waals surface area contributed by atoms with Crippen LogP contribution in [0, 0.1) is 5.92 Å². The summed E-state index contributed by atoms with van der Waals surface area (Å²) in [5.41, 5.74) is 0. The highest BCUT2D eigenvalue weighted by Crippen LogP contribution is 2.43. The third-order valence-corrected chi connectivity index (χ3v) is 10.5. The van der Waals surface area contributed by atoms with Gasteiger partial charge in [0, 0.05) is 18.8 Å². The standard InChI is InChI=1S/C41H79N4O12P/c1-7-8-9-10-11-12-13-14-15-16-17-18-19-25-39(49)54-33-36(34-56-58(52,53)55-30-29-45(4,5)6)57-40(50)26-21-23-28-44(3)27-22-20-24-35(2)41(51)43-31-37(46)42-32-38(47)48/h35-36H,7-34H2,1-6H3,(H3-,42,43,46,47,48,51,52,53)/p+1/t35-,36+/m0/s1. The lowest BCUT2D eigenvalue weighted by atomic mass is 10.0. The maximum atomic E-state index is 12.8. The molecule has 340 valence electrons. The number of aliphatic carboxylic acids is 1. The minimum atomic E-state index is -4.44. The zero-order valence-corrected chi connectivity index (χ0v) is 37.7. The molecule has 3 atom stereocenters. The molecule has 0 spiro atoms. The van der Waals surface area contributed by atoms with Crippen LogP contribution in [0.15, 0.2) is 0 Å². The van der Waals surface area contributed by atoms with E-state index in [1.165, 1.54) is 57.8 Å². The molecule has 0 aliphatic carbocycles. The highest BCUT2D eigenvalue weighted by molar-refractivity contribution is 7.47. The first kappa shape index (κ1) is 55.4. The van der Waals surface area contributed by atoms with Crippen LogP contribution in [0.2, 0.25) is 0 Å². The van der Waals surface area contributed by atoms with E-state index >= 15 is 0 Å². The zero-order valence-electron chi connectivity index (χ0n) is 36.8. The van der Waals surface area contributed by atoms with Gasteiger partial charge in [0.1, 0.15) is 26.3 Å². The molecule has 1 unspecified atom stereocenters. The first-order valence-electron chi connectivity index (χ1n) is 21.7. The average molecular weight is 852 g/mol. The Hall–Kier alpha value is -2.62. The molecule has 0 aliphatic rings. The lowest BCUT2D eigenvalue weighted by Gasteiger charge is -2.24. The fraction of sp³-hybridized carbons (Fsp3) is 0.878. The number of unbranched alkanes of at least 4 members (excludes halogenated alkanes) is 14. The van der Waals surface area contributed by atoms with E-state index in [2.05, 4.69) is 22.5 Å². The first-order valence-corrected chi connectivity index (χ1v) is 23.2. The Kier molecular flexibility index (Phi) is 32.6. The summed E-state index contributed by atoms with van der Waals surface area (Å²) in [4.78, 5) is 71.9. The normalized spacial score (nSPS) is 13.7. The van der Waals surface area contributed by atoms with Crippen molar-refractivity contribution in [2.45, 2.75) is 148 Å². The summed E-state index contributed by atoms with van der Waals surface area (Å²) >= 11 is 0. The fourth-order valence-corrected chi connectivity index (χ4v) is 6.60. The maximum absolute atomic E-state index is 12.8. The summed E-state index contributed by atoms with van der Waals surface area (Å²) in [5, 5.41) is 13.3. The van der Waals surface area contributed by atoms with Gasteiger partial charge in [0.2, 0.25) is 11.8 Å². The van der Waals surface area contributed by atoms with Crippen molar-refractivity contribution >= 4 is 37.5 Å². The topological polar surface area (TPSA) is 207 Å². The summed E-state index contributed by atoms with van der Waals surface area (Å²) in [7, 11) is 3.29. The molecule has 0 rings (SSSR count). The number of carboxylic acid groups (broad SMARTS) is 1. The van der Waals surface area contributed by atoms with Gasteiger partial charge in [-0.1, -0.05) is 97.3 Å².